The standard InChI is InChI=1S/C14H22N2O/c1-2-16(13-5-3-4-6-13)10-11-9-12(15)7-8-14(11)17/h7-9,13,17H,2-6,10,15H2,1H3. The first-order chi connectivity index (χ1) is 8.20. The van der Waals surface area contributed by atoms with E-state index in [1.54, 1.807) is 12.1 Å². The first kappa shape index (κ1) is 12.2. The Balaban J connectivity index is 2.09. The zero-order valence-corrected chi connectivity index (χ0v) is 10.5. The fourth-order valence-electron chi connectivity index (χ4n) is 2.72. The minimum absolute atomic E-state index is 0.357. The molecule has 0 amide bonds. The Morgan fingerprint density at radius 1 is 1.35 bits per heavy atom. The lowest BCUT2D eigenvalue weighted by Gasteiger charge is -2.27. The summed E-state index contributed by atoms with van der Waals surface area (Å²) in [5.41, 5.74) is 7.43. The summed E-state index contributed by atoms with van der Waals surface area (Å²) in [6.45, 7) is 4.01. The van der Waals surface area contributed by atoms with Crippen molar-refractivity contribution in [3.63, 3.8) is 0 Å². The molecule has 0 unspecified atom stereocenters. The van der Waals surface area contributed by atoms with Gasteiger partial charge in [0.25, 0.3) is 0 Å². The number of hydrogen-bond donors (Lipinski definition) is 2. The molecule has 0 aromatic heterocycles. The van der Waals surface area contributed by atoms with Crippen LogP contribution in [0.15, 0.2) is 18.2 Å². The molecule has 1 saturated carbocycles. The Hall–Kier alpha value is -1.22. The van der Waals surface area contributed by atoms with Gasteiger partial charge in [-0.3, -0.25) is 4.90 Å². The van der Waals surface area contributed by atoms with Gasteiger partial charge in [-0.05, 0) is 37.6 Å². The van der Waals surface area contributed by atoms with Gasteiger partial charge in [0.2, 0.25) is 0 Å². The van der Waals surface area contributed by atoms with Crippen molar-refractivity contribution >= 4 is 5.69 Å². The molecule has 3 N–H and O–H groups in total. The maximum absolute atomic E-state index is 9.84. The maximum Gasteiger partial charge on any atom is 0.120 e. The van der Waals surface area contributed by atoms with Crippen molar-refractivity contribution in [1.29, 1.82) is 0 Å². The lowest BCUT2D eigenvalue weighted by atomic mass is 10.1. The molecule has 2 rings (SSSR count). The van der Waals surface area contributed by atoms with Gasteiger partial charge in [-0.25, -0.2) is 0 Å². The lowest BCUT2D eigenvalue weighted by Crippen LogP contribution is -2.32. The van der Waals surface area contributed by atoms with Gasteiger partial charge in [0.05, 0.1) is 0 Å². The molecule has 0 heterocycles. The van der Waals surface area contributed by atoms with Gasteiger partial charge in [-0.15, -0.1) is 0 Å². The number of nitrogens with two attached hydrogens (primary N) is 1. The van der Waals surface area contributed by atoms with Crippen LogP contribution in [0.4, 0.5) is 5.69 Å². The topological polar surface area (TPSA) is 49.5 Å². The largest absolute Gasteiger partial charge is 0.508 e. The summed E-state index contributed by atoms with van der Waals surface area (Å²) in [4.78, 5) is 2.45. The van der Waals surface area contributed by atoms with Gasteiger partial charge in [0.1, 0.15) is 5.75 Å². The summed E-state index contributed by atoms with van der Waals surface area (Å²) in [6.07, 6.45) is 5.25. The number of aromatic hydroxyl groups is 1. The van der Waals surface area contributed by atoms with Crippen LogP contribution >= 0.6 is 0 Å². The molecular formula is C14H22N2O. The van der Waals surface area contributed by atoms with Crippen LogP contribution in [-0.4, -0.2) is 22.6 Å². The molecule has 1 aromatic carbocycles. The molecule has 1 aromatic rings. The monoisotopic (exact) mass is 234 g/mol. The quantitative estimate of drug-likeness (QED) is 0.622. The second-order valence-electron chi connectivity index (χ2n) is 4.89. The third-order valence-corrected chi connectivity index (χ3v) is 3.72. The zero-order valence-electron chi connectivity index (χ0n) is 10.5. The molecule has 0 aliphatic heterocycles. The number of rotatable bonds is 4. The van der Waals surface area contributed by atoms with Crippen LogP contribution < -0.4 is 5.73 Å². The van der Waals surface area contributed by atoms with Gasteiger partial charge in [0.15, 0.2) is 0 Å². The zero-order chi connectivity index (χ0) is 12.3. The second kappa shape index (κ2) is 5.41. The number of hydrogen-bond acceptors (Lipinski definition) is 3. The molecule has 0 saturated heterocycles. The third-order valence-electron chi connectivity index (χ3n) is 3.72. The fourth-order valence-corrected chi connectivity index (χ4v) is 2.72. The van der Waals surface area contributed by atoms with Gasteiger partial charge in [-0.2, -0.15) is 0 Å². The Morgan fingerprint density at radius 3 is 2.71 bits per heavy atom. The van der Waals surface area contributed by atoms with Crippen molar-refractivity contribution in [2.75, 3.05) is 12.3 Å². The SMILES string of the molecule is CCN(Cc1cc(N)ccc1O)C1CCCC1. The highest BCUT2D eigenvalue weighted by atomic mass is 16.3. The van der Waals surface area contributed by atoms with Crippen LogP contribution in [0.2, 0.25) is 0 Å². The van der Waals surface area contributed by atoms with Crippen molar-refractivity contribution in [3.8, 4) is 5.75 Å². The summed E-state index contributed by atoms with van der Waals surface area (Å²) in [6, 6.07) is 5.99. The Labute approximate surface area is 103 Å². The van der Waals surface area contributed by atoms with Crippen LogP contribution in [0, 0.1) is 0 Å². The van der Waals surface area contributed by atoms with Gasteiger partial charge < -0.3 is 10.8 Å². The number of anilines is 1. The van der Waals surface area contributed by atoms with Crippen molar-refractivity contribution in [1.82, 2.24) is 4.90 Å². The highest BCUT2D eigenvalue weighted by Gasteiger charge is 2.22. The smallest absolute Gasteiger partial charge is 0.120 e. The minimum atomic E-state index is 0.357. The van der Waals surface area contributed by atoms with E-state index in [9.17, 15) is 5.11 Å². The molecule has 3 heteroatoms. The van der Waals surface area contributed by atoms with E-state index >= 15 is 0 Å². The van der Waals surface area contributed by atoms with E-state index in [0.717, 1.165) is 24.3 Å². The predicted molar refractivity (Wildman–Crippen MR) is 70.9 cm³/mol. The maximum atomic E-state index is 9.84. The average molecular weight is 234 g/mol. The van der Waals surface area contributed by atoms with E-state index in [1.807, 2.05) is 6.07 Å². The normalized spacial score (nSPS) is 16.8. The number of benzene rings is 1. The van der Waals surface area contributed by atoms with E-state index in [-0.39, 0.29) is 0 Å². The van der Waals surface area contributed by atoms with Crippen LogP contribution in [0.1, 0.15) is 38.2 Å². The summed E-state index contributed by atoms with van der Waals surface area (Å²) in [5.74, 6) is 0.357. The number of phenolic OH excluding ortho intramolecular Hbond substituents is 1. The number of phenols is 1. The fraction of sp³-hybridized carbons (Fsp3) is 0.571. The summed E-state index contributed by atoms with van der Waals surface area (Å²) in [7, 11) is 0. The molecule has 94 valence electrons. The molecule has 0 spiro atoms. The molecule has 0 radical (unpaired) electrons. The molecule has 1 aliphatic rings. The Bertz CT molecular complexity index is 372. The molecule has 1 fully saturated rings. The van der Waals surface area contributed by atoms with Crippen LogP contribution in [-0.2, 0) is 6.54 Å². The number of nitrogens with zero attached hydrogens (tertiary/aromatic N) is 1. The molecule has 1 aliphatic carbocycles. The second-order valence-corrected chi connectivity index (χ2v) is 4.89. The predicted octanol–water partition coefficient (Wildman–Crippen LogP) is 2.74. The van der Waals surface area contributed by atoms with E-state index < -0.39 is 0 Å². The highest BCUT2D eigenvalue weighted by molar-refractivity contribution is 5.47. The van der Waals surface area contributed by atoms with Crippen molar-refractivity contribution < 1.29 is 5.11 Å². The van der Waals surface area contributed by atoms with Gasteiger partial charge in [0, 0.05) is 23.8 Å². The third kappa shape index (κ3) is 2.91. The molecular weight excluding hydrogens is 212 g/mol. The molecule has 0 atom stereocenters. The molecule has 17 heavy (non-hydrogen) atoms. The lowest BCUT2D eigenvalue weighted by molar-refractivity contribution is 0.198. The summed E-state index contributed by atoms with van der Waals surface area (Å²) in [5, 5.41) is 9.84. The van der Waals surface area contributed by atoms with Crippen LogP contribution in [0.3, 0.4) is 0 Å². The van der Waals surface area contributed by atoms with E-state index in [0.29, 0.717) is 11.8 Å². The van der Waals surface area contributed by atoms with Crippen molar-refractivity contribution in [2.24, 2.45) is 0 Å². The average Bonchev–Trinajstić information content (AvgIpc) is 2.84. The summed E-state index contributed by atoms with van der Waals surface area (Å²) < 4.78 is 0. The first-order valence-corrected chi connectivity index (χ1v) is 6.52. The highest BCUT2D eigenvalue weighted by Crippen LogP contribution is 2.27. The molecule has 3 nitrogen and oxygen atoms in total. The van der Waals surface area contributed by atoms with Gasteiger partial charge >= 0.3 is 0 Å². The Morgan fingerprint density at radius 2 is 2.06 bits per heavy atom. The van der Waals surface area contributed by atoms with Gasteiger partial charge in [-0.1, -0.05) is 19.8 Å². The Kier molecular flexibility index (Phi) is 3.89. The van der Waals surface area contributed by atoms with Crippen molar-refractivity contribution in [3.05, 3.63) is 23.8 Å². The van der Waals surface area contributed by atoms with E-state index in [4.69, 9.17) is 5.73 Å². The van der Waals surface area contributed by atoms with Crippen LogP contribution in [0.25, 0.3) is 0 Å². The molecule has 0 bridgehead atoms. The number of nitrogen functional groups attached to an aromatic ring is 1. The van der Waals surface area contributed by atoms with Crippen molar-refractivity contribution in [2.45, 2.75) is 45.2 Å². The van der Waals surface area contributed by atoms with E-state index in [2.05, 4.69) is 11.8 Å². The summed E-state index contributed by atoms with van der Waals surface area (Å²) >= 11 is 0. The minimum Gasteiger partial charge on any atom is -0.508 e. The van der Waals surface area contributed by atoms with Crippen LogP contribution in [0.5, 0.6) is 5.75 Å². The van der Waals surface area contributed by atoms with E-state index in [1.165, 1.54) is 25.7 Å². The first-order valence-electron chi connectivity index (χ1n) is 6.52.